The van der Waals surface area contributed by atoms with E-state index in [1.807, 2.05) is 0 Å². The fourth-order valence-electron chi connectivity index (χ4n) is 2.55. The van der Waals surface area contributed by atoms with Crippen LogP contribution in [-0.4, -0.2) is 68.8 Å². The Hall–Kier alpha value is -1.28. The predicted molar refractivity (Wildman–Crippen MR) is 132 cm³/mol. The zero-order valence-electron chi connectivity index (χ0n) is 19.9. The molecule has 6 heteroatoms. The average molecular weight is 457 g/mol. The van der Waals surface area contributed by atoms with E-state index in [9.17, 15) is 10.2 Å². The highest BCUT2D eigenvalue weighted by molar-refractivity contribution is 4.99. The van der Waals surface area contributed by atoms with Crippen LogP contribution in [-0.2, 0) is 0 Å². The lowest BCUT2D eigenvalue weighted by atomic mass is 10.1. The summed E-state index contributed by atoms with van der Waals surface area (Å²) in [4.78, 5) is 0. The lowest BCUT2D eigenvalue weighted by molar-refractivity contribution is -0.0184. The first-order chi connectivity index (χ1) is 15.5. The molecule has 0 heterocycles. The van der Waals surface area contributed by atoms with Gasteiger partial charge in [0.1, 0.15) is 12.2 Å². The molecule has 0 saturated carbocycles. The zero-order chi connectivity index (χ0) is 24.3. The zero-order valence-corrected chi connectivity index (χ0v) is 19.9. The second-order valence-corrected chi connectivity index (χ2v) is 7.71. The first-order valence-corrected chi connectivity index (χ1v) is 12.0. The standard InChI is InChI=1S/C23H40O3.C3H8O3/c1-2-3-4-5-6-7-8-9-10-11-12-13-14-15-16-17-18-19-20-22(25)23(26)21-24;4-1-3(6)2-5/h6-7,9-10,12-13,15-16,22-26H,2-5,8,11,14,17-21H2,1H3;3-6H,1-2H2. The van der Waals surface area contributed by atoms with Crippen LogP contribution >= 0.6 is 0 Å². The molecule has 0 saturated heterocycles. The van der Waals surface area contributed by atoms with E-state index in [1.54, 1.807) is 0 Å². The number of hydrogen-bond acceptors (Lipinski definition) is 6. The Morgan fingerprint density at radius 2 is 0.969 bits per heavy atom. The van der Waals surface area contributed by atoms with Gasteiger partial charge in [-0.25, -0.2) is 0 Å². The van der Waals surface area contributed by atoms with Crippen molar-refractivity contribution in [2.24, 2.45) is 0 Å². The second kappa shape index (κ2) is 27.8. The Labute approximate surface area is 195 Å². The maximum atomic E-state index is 9.51. The van der Waals surface area contributed by atoms with E-state index < -0.39 is 18.3 Å². The van der Waals surface area contributed by atoms with Crippen molar-refractivity contribution in [1.29, 1.82) is 0 Å². The van der Waals surface area contributed by atoms with Gasteiger partial charge in [-0.3, -0.25) is 0 Å². The van der Waals surface area contributed by atoms with Gasteiger partial charge < -0.3 is 30.6 Å². The normalized spacial score (nSPS) is 14.1. The van der Waals surface area contributed by atoms with E-state index in [2.05, 4.69) is 55.5 Å². The van der Waals surface area contributed by atoms with Gasteiger partial charge in [-0.1, -0.05) is 74.8 Å². The van der Waals surface area contributed by atoms with Crippen molar-refractivity contribution < 1.29 is 30.6 Å². The molecular weight excluding hydrogens is 408 g/mol. The van der Waals surface area contributed by atoms with Crippen LogP contribution in [0.4, 0.5) is 0 Å². The number of aliphatic hydroxyl groups excluding tert-OH is 6. The molecule has 6 nitrogen and oxygen atoms in total. The van der Waals surface area contributed by atoms with E-state index in [0.717, 1.165) is 38.5 Å². The van der Waals surface area contributed by atoms with Crippen LogP contribution < -0.4 is 0 Å². The van der Waals surface area contributed by atoms with Gasteiger partial charge in [0.25, 0.3) is 0 Å². The summed E-state index contributed by atoms with van der Waals surface area (Å²) in [6.07, 6.45) is 26.4. The van der Waals surface area contributed by atoms with Crippen molar-refractivity contribution >= 4 is 0 Å². The van der Waals surface area contributed by atoms with Crippen LogP contribution in [0.1, 0.15) is 77.6 Å². The maximum Gasteiger partial charge on any atom is 0.103 e. The molecule has 2 atom stereocenters. The highest BCUT2D eigenvalue weighted by Crippen LogP contribution is 2.07. The molecule has 0 aromatic carbocycles. The minimum atomic E-state index is -1.01. The van der Waals surface area contributed by atoms with Gasteiger partial charge in [0, 0.05) is 0 Å². The molecule has 188 valence electrons. The van der Waals surface area contributed by atoms with Gasteiger partial charge in [0.2, 0.25) is 0 Å². The van der Waals surface area contributed by atoms with Gasteiger partial charge in [0.15, 0.2) is 0 Å². The van der Waals surface area contributed by atoms with Crippen molar-refractivity contribution in [2.75, 3.05) is 19.8 Å². The highest BCUT2D eigenvalue weighted by atomic mass is 16.4. The van der Waals surface area contributed by atoms with Gasteiger partial charge in [0.05, 0.1) is 25.9 Å². The lowest BCUT2D eigenvalue weighted by Crippen LogP contribution is -2.28. The fraction of sp³-hybridized carbons (Fsp3) is 0.692. The molecule has 0 aliphatic carbocycles. The molecule has 0 radical (unpaired) electrons. The molecule has 0 spiro atoms. The largest absolute Gasteiger partial charge is 0.394 e. The van der Waals surface area contributed by atoms with Crippen molar-refractivity contribution in [1.82, 2.24) is 0 Å². The van der Waals surface area contributed by atoms with E-state index in [-0.39, 0.29) is 19.8 Å². The quantitative estimate of drug-likeness (QED) is 0.131. The Bertz CT molecular complexity index is 469. The molecule has 0 aromatic heterocycles. The van der Waals surface area contributed by atoms with E-state index in [0.29, 0.717) is 6.42 Å². The van der Waals surface area contributed by atoms with Crippen LogP contribution in [0.3, 0.4) is 0 Å². The third-order valence-electron chi connectivity index (χ3n) is 4.63. The number of aliphatic hydroxyl groups is 6. The molecule has 0 rings (SSSR count). The molecule has 6 N–H and O–H groups in total. The summed E-state index contributed by atoms with van der Waals surface area (Å²) in [6.45, 7) is 1.13. The molecule has 2 unspecified atom stereocenters. The SMILES string of the molecule is CCCCCC=CCC=CCC=CCC=CCCCCC(O)C(O)CO.OCC(O)CO. The van der Waals surface area contributed by atoms with Gasteiger partial charge in [-0.15, -0.1) is 0 Å². The summed E-state index contributed by atoms with van der Waals surface area (Å²) in [7, 11) is 0. The minimum absolute atomic E-state index is 0.365. The highest BCUT2D eigenvalue weighted by Gasteiger charge is 2.13. The van der Waals surface area contributed by atoms with Gasteiger partial charge in [-0.05, 0) is 51.4 Å². The topological polar surface area (TPSA) is 121 Å². The molecule has 0 aromatic rings. The molecule has 0 amide bonds. The summed E-state index contributed by atoms with van der Waals surface area (Å²) in [5, 5.41) is 51.5. The first-order valence-electron chi connectivity index (χ1n) is 12.0. The molecule has 0 aliphatic rings. The second-order valence-electron chi connectivity index (χ2n) is 7.71. The monoisotopic (exact) mass is 456 g/mol. The Balaban J connectivity index is 0. The summed E-state index contributed by atoms with van der Waals surface area (Å²) in [5.74, 6) is 0. The molecule has 0 aliphatic heterocycles. The van der Waals surface area contributed by atoms with Crippen LogP contribution in [0.5, 0.6) is 0 Å². The molecule has 0 fully saturated rings. The van der Waals surface area contributed by atoms with E-state index >= 15 is 0 Å². The van der Waals surface area contributed by atoms with Crippen molar-refractivity contribution in [3.05, 3.63) is 48.6 Å². The van der Waals surface area contributed by atoms with Crippen molar-refractivity contribution in [3.8, 4) is 0 Å². The summed E-state index contributed by atoms with van der Waals surface area (Å²) in [6, 6.07) is 0. The summed E-state index contributed by atoms with van der Waals surface area (Å²) in [5.41, 5.74) is 0. The number of hydrogen-bond donors (Lipinski definition) is 6. The van der Waals surface area contributed by atoms with E-state index in [1.165, 1.54) is 25.7 Å². The lowest BCUT2D eigenvalue weighted by Gasteiger charge is -2.14. The predicted octanol–water partition coefficient (Wildman–Crippen LogP) is 3.57. The van der Waals surface area contributed by atoms with E-state index in [4.69, 9.17) is 20.4 Å². The smallest absolute Gasteiger partial charge is 0.103 e. The molecular formula is C26H48O6. The number of allylic oxidation sites excluding steroid dienone is 8. The Kier molecular flexibility index (Phi) is 28.5. The van der Waals surface area contributed by atoms with Gasteiger partial charge >= 0.3 is 0 Å². The van der Waals surface area contributed by atoms with Crippen LogP contribution in [0.25, 0.3) is 0 Å². The Morgan fingerprint density at radius 1 is 0.531 bits per heavy atom. The average Bonchev–Trinajstić information content (AvgIpc) is 2.82. The Morgan fingerprint density at radius 3 is 1.34 bits per heavy atom. The first kappa shape index (κ1) is 32.9. The van der Waals surface area contributed by atoms with Crippen molar-refractivity contribution in [2.45, 2.75) is 95.9 Å². The maximum absolute atomic E-state index is 9.51. The summed E-state index contributed by atoms with van der Waals surface area (Å²) >= 11 is 0. The summed E-state index contributed by atoms with van der Waals surface area (Å²) < 4.78 is 0. The van der Waals surface area contributed by atoms with Crippen LogP contribution in [0, 0.1) is 0 Å². The number of rotatable bonds is 19. The third kappa shape index (κ3) is 26.8. The van der Waals surface area contributed by atoms with Crippen molar-refractivity contribution in [3.63, 3.8) is 0 Å². The van der Waals surface area contributed by atoms with Crippen LogP contribution in [0.15, 0.2) is 48.6 Å². The molecule has 32 heavy (non-hydrogen) atoms. The molecule has 0 bridgehead atoms. The fourth-order valence-corrected chi connectivity index (χ4v) is 2.55. The minimum Gasteiger partial charge on any atom is -0.394 e. The third-order valence-corrected chi connectivity index (χ3v) is 4.63. The van der Waals surface area contributed by atoms with Gasteiger partial charge in [-0.2, -0.15) is 0 Å². The van der Waals surface area contributed by atoms with Crippen LogP contribution in [0.2, 0.25) is 0 Å². The number of unbranched alkanes of at least 4 members (excludes halogenated alkanes) is 5.